The molecule has 2 saturated heterocycles. The van der Waals surface area contributed by atoms with Gasteiger partial charge in [-0.05, 0) is 68.9 Å². The van der Waals surface area contributed by atoms with Gasteiger partial charge in [-0.25, -0.2) is 0 Å². The van der Waals surface area contributed by atoms with Gasteiger partial charge >= 0.3 is 22.4 Å². The Morgan fingerprint density at radius 1 is 1.14 bits per heavy atom. The Balaban J connectivity index is 0.00000145. The molecule has 0 unspecified atom stereocenters. The van der Waals surface area contributed by atoms with E-state index in [2.05, 4.69) is 62.4 Å². The van der Waals surface area contributed by atoms with E-state index in [0.717, 1.165) is 73.6 Å². The van der Waals surface area contributed by atoms with Crippen LogP contribution < -0.4 is 0 Å². The molecular weight excluding hydrogens is 553 g/mol. The average Bonchev–Trinajstić information content (AvgIpc) is 2.98. The Kier molecular flexibility index (Phi) is 12.5. The van der Waals surface area contributed by atoms with Crippen LogP contribution in [0.25, 0.3) is 5.32 Å². The fourth-order valence-corrected chi connectivity index (χ4v) is 5.68. The molecule has 1 aromatic carbocycles. The second-order valence-electron chi connectivity index (χ2n) is 7.90. The minimum absolute atomic E-state index is 0.643. The summed E-state index contributed by atoms with van der Waals surface area (Å²) < 4.78 is 9.38. The van der Waals surface area contributed by atoms with Gasteiger partial charge in [-0.3, -0.25) is 0 Å². The van der Waals surface area contributed by atoms with E-state index in [1.54, 1.807) is 0 Å². The predicted molar refractivity (Wildman–Crippen MR) is 124 cm³/mol. The van der Waals surface area contributed by atoms with E-state index >= 15 is 0 Å². The quantitative estimate of drug-likeness (QED) is 0.310. The number of piperidine rings is 1. The van der Waals surface area contributed by atoms with Crippen molar-refractivity contribution in [3.63, 3.8) is 0 Å². The van der Waals surface area contributed by atoms with Crippen molar-refractivity contribution in [3.8, 4) is 0 Å². The fraction of sp³-hybridized carbons (Fsp3) is 0.714. The zero-order chi connectivity index (χ0) is 21.2. The van der Waals surface area contributed by atoms with Crippen molar-refractivity contribution < 1.29 is 22.4 Å². The van der Waals surface area contributed by atoms with Gasteiger partial charge in [0, 0.05) is 23.1 Å². The van der Waals surface area contributed by atoms with Crippen molar-refractivity contribution in [2.24, 2.45) is 5.92 Å². The van der Waals surface area contributed by atoms with Crippen LogP contribution >= 0.6 is 15.9 Å². The molecule has 2 aliphatic rings. The standard InChI is InChI=1S/C21H33BrN3S2.O.Tc/c1-24-18-6-7-21(24)20(15-25(11-13-27)10-8-23-9-12-26)19(14-18)16-2-4-17(22)5-3-16;;/h2-5,18-21,26-27H,6-15H2,1H3;;/q-1;;+3/p-2/t18-,19+,20-,21+;;/m0../s1/i;;1+1. The molecule has 0 amide bonds. The molecule has 0 spiro atoms. The first kappa shape index (κ1) is 26.0. The first-order valence-electron chi connectivity index (χ1n) is 10.3. The molecule has 2 bridgehead atoms. The van der Waals surface area contributed by atoms with E-state index in [-0.39, 0.29) is 0 Å². The molecule has 0 saturated carbocycles. The van der Waals surface area contributed by atoms with Crippen LogP contribution in [0.4, 0.5) is 0 Å². The number of halogens is 1. The van der Waals surface area contributed by atoms with Crippen LogP contribution in [-0.2, 0) is 47.6 Å². The van der Waals surface area contributed by atoms with E-state index in [1.165, 1.54) is 24.8 Å². The number of hydrogen-bond donors (Lipinski definition) is 0. The minimum atomic E-state index is 0.643. The monoisotopic (exact) mass is 583 g/mol. The summed E-state index contributed by atoms with van der Waals surface area (Å²) in [6.07, 6.45) is 3.96. The van der Waals surface area contributed by atoms with Gasteiger partial charge < -0.3 is 40.4 Å². The van der Waals surface area contributed by atoms with Crippen molar-refractivity contribution in [1.82, 2.24) is 9.80 Å². The molecule has 2 fully saturated rings. The molecule has 4 atom stereocenters. The van der Waals surface area contributed by atoms with Crippen molar-refractivity contribution in [1.29, 1.82) is 0 Å². The molecule has 0 radical (unpaired) electrons. The molecule has 0 aliphatic carbocycles. The molecule has 8 heteroatoms. The Bertz CT molecular complexity index is 598. The van der Waals surface area contributed by atoms with Gasteiger partial charge in [-0.1, -0.05) is 28.1 Å². The Morgan fingerprint density at radius 2 is 1.86 bits per heavy atom. The van der Waals surface area contributed by atoms with Gasteiger partial charge in [-0.2, -0.15) is 18.1 Å². The summed E-state index contributed by atoms with van der Waals surface area (Å²) in [6.45, 7) is 4.81. The van der Waals surface area contributed by atoms with E-state index in [9.17, 15) is 0 Å². The van der Waals surface area contributed by atoms with E-state index < -0.39 is 0 Å². The van der Waals surface area contributed by atoms with E-state index in [4.69, 9.17) is 28.8 Å². The van der Waals surface area contributed by atoms with Crippen LogP contribution in [0.1, 0.15) is 30.7 Å². The molecule has 4 nitrogen and oxygen atoms in total. The van der Waals surface area contributed by atoms with Crippen LogP contribution in [0.15, 0.2) is 28.7 Å². The van der Waals surface area contributed by atoms with Crippen LogP contribution in [0.3, 0.4) is 0 Å². The van der Waals surface area contributed by atoms with Gasteiger partial charge in [0.2, 0.25) is 0 Å². The van der Waals surface area contributed by atoms with E-state index in [0.29, 0.717) is 17.9 Å². The van der Waals surface area contributed by atoms with E-state index in [1.807, 2.05) is 0 Å². The first-order chi connectivity index (χ1) is 14.1. The first-order valence-corrected chi connectivity index (χ1v) is 13.0. The topological polar surface area (TPSA) is 37.7 Å². The number of fused-ring (bicyclic) bond motifs is 2. The molecule has 0 aromatic heterocycles. The maximum absolute atomic E-state index is 8.22. The second-order valence-corrected chi connectivity index (χ2v) is 9.63. The van der Waals surface area contributed by atoms with Gasteiger partial charge in [0.15, 0.2) is 0 Å². The third kappa shape index (κ3) is 7.38. The fourth-order valence-electron chi connectivity index (χ4n) is 5.03. The Hall–Kier alpha value is 0.729. The Morgan fingerprint density at radius 3 is 2.52 bits per heavy atom. The molecule has 2 heterocycles. The summed E-state index contributed by atoms with van der Waals surface area (Å²) in [5.74, 6) is 2.82. The van der Waals surface area contributed by atoms with Gasteiger partial charge in [-0.15, -0.1) is 6.54 Å². The zero-order valence-corrected chi connectivity index (χ0v) is 22.1. The molecule has 1 aromatic rings. The van der Waals surface area contributed by atoms with Gasteiger partial charge in [0.05, 0.1) is 0 Å². The van der Waals surface area contributed by atoms with Gasteiger partial charge in [0.1, 0.15) is 0 Å². The van der Waals surface area contributed by atoms with Crippen molar-refractivity contribution in [2.45, 2.75) is 37.3 Å². The zero-order valence-electron chi connectivity index (χ0n) is 17.0. The molecule has 162 valence electrons. The summed E-state index contributed by atoms with van der Waals surface area (Å²) in [7, 11) is 2.34. The summed E-state index contributed by atoms with van der Waals surface area (Å²) >= 11 is 14.8. The normalized spacial score (nSPS) is 26.3. The van der Waals surface area contributed by atoms with Crippen LogP contribution in [0.5, 0.6) is 0 Å². The SMILES string of the molecule is CN1[C@H]2CC[C@@H]1[C@@H](CN(CC[S-])CC[N-]CC[S-])[C@@H](c1ccc(Br)cc1)C2.[O]=[99Tc+3]. The summed E-state index contributed by atoms with van der Waals surface area (Å²) in [5, 5.41) is 4.56. The Labute approximate surface area is 206 Å². The van der Waals surface area contributed by atoms with Crippen LogP contribution in [-0.4, -0.2) is 73.2 Å². The summed E-state index contributed by atoms with van der Waals surface area (Å²) in [5.41, 5.74) is 1.50. The average molecular weight is 584 g/mol. The molecule has 0 N–H and O–H groups in total. The second kappa shape index (κ2) is 14.0. The third-order valence-electron chi connectivity index (χ3n) is 6.43. The van der Waals surface area contributed by atoms with Crippen molar-refractivity contribution >= 4 is 41.2 Å². The number of rotatable bonds is 10. The maximum atomic E-state index is 8.22. The molecule has 3 rings (SSSR count). The number of benzene rings is 1. The number of nitrogens with zero attached hydrogens (tertiary/aromatic N) is 3. The van der Waals surface area contributed by atoms with Gasteiger partial charge in [0.25, 0.3) is 0 Å². The number of hydrogen-bond acceptors (Lipinski definition) is 5. The molecule has 29 heavy (non-hydrogen) atoms. The summed E-state index contributed by atoms with van der Waals surface area (Å²) in [6, 6.07) is 10.5. The molecule has 2 aliphatic heterocycles. The van der Waals surface area contributed by atoms with Crippen LogP contribution in [0.2, 0.25) is 0 Å². The molecular formula is C21H31BrN3OS2Tc. The van der Waals surface area contributed by atoms with Crippen molar-refractivity contribution in [2.75, 3.05) is 51.3 Å². The van der Waals surface area contributed by atoms with Crippen molar-refractivity contribution in [3.05, 3.63) is 39.6 Å². The predicted octanol–water partition coefficient (Wildman–Crippen LogP) is 3.66. The van der Waals surface area contributed by atoms with Crippen LogP contribution in [0, 0.1) is 5.92 Å². The third-order valence-corrected chi connectivity index (χ3v) is 7.32. The summed E-state index contributed by atoms with van der Waals surface area (Å²) in [4.78, 5) is 5.22.